The topological polar surface area (TPSA) is 39.2 Å². The van der Waals surface area contributed by atoms with Crippen LogP contribution in [0.3, 0.4) is 0 Å². The molecular weight excluding hydrogens is 218 g/mol. The van der Waals surface area contributed by atoms with Gasteiger partial charge in [-0.3, -0.25) is 4.79 Å². The van der Waals surface area contributed by atoms with Gasteiger partial charge >= 0.3 is 0 Å². The first kappa shape index (κ1) is 9.36. The first-order valence-electron chi connectivity index (χ1n) is 3.88. The molecule has 2 heterocycles. The molecule has 2 aromatic rings. The van der Waals surface area contributed by atoms with Crippen molar-refractivity contribution in [1.82, 2.24) is 4.98 Å². The number of hydrogen-bond acceptors (Lipinski definition) is 5. The summed E-state index contributed by atoms with van der Waals surface area (Å²) in [5, 5.41) is 2.56. The van der Waals surface area contributed by atoms with E-state index in [1.807, 2.05) is 11.4 Å². The van der Waals surface area contributed by atoms with Crippen LogP contribution in [-0.2, 0) is 0 Å². The number of thiazole rings is 1. The summed E-state index contributed by atoms with van der Waals surface area (Å²) in [6.45, 7) is 0. The highest BCUT2D eigenvalue weighted by Crippen LogP contribution is 2.30. The highest BCUT2D eigenvalue weighted by atomic mass is 32.1. The van der Waals surface area contributed by atoms with E-state index in [0.29, 0.717) is 10.1 Å². The summed E-state index contributed by atoms with van der Waals surface area (Å²) < 4.78 is 4.99. The Labute approximate surface area is 89.0 Å². The lowest BCUT2D eigenvalue weighted by molar-refractivity contribution is 0.112. The molecule has 72 valence electrons. The van der Waals surface area contributed by atoms with Gasteiger partial charge in [0.1, 0.15) is 0 Å². The second-order valence-corrected chi connectivity index (χ2v) is 4.46. The summed E-state index contributed by atoms with van der Waals surface area (Å²) in [5.41, 5.74) is 0.866. The van der Waals surface area contributed by atoms with E-state index in [1.165, 1.54) is 22.7 Å². The predicted molar refractivity (Wildman–Crippen MR) is 57.4 cm³/mol. The highest BCUT2D eigenvalue weighted by molar-refractivity contribution is 7.17. The molecule has 0 aliphatic carbocycles. The van der Waals surface area contributed by atoms with Crippen LogP contribution in [0.15, 0.2) is 17.5 Å². The van der Waals surface area contributed by atoms with Crippen molar-refractivity contribution in [2.75, 3.05) is 7.11 Å². The molecule has 2 rings (SSSR count). The molecule has 0 atom stereocenters. The van der Waals surface area contributed by atoms with Crippen LogP contribution in [0.1, 0.15) is 9.67 Å². The monoisotopic (exact) mass is 225 g/mol. The number of methoxy groups -OCH3 is 1. The Morgan fingerprint density at radius 2 is 2.36 bits per heavy atom. The molecule has 0 fully saturated rings. The maximum atomic E-state index is 10.5. The minimum Gasteiger partial charge on any atom is -0.473 e. The molecular formula is C9H7NO2S2. The van der Waals surface area contributed by atoms with Crippen molar-refractivity contribution in [3.8, 4) is 15.8 Å². The van der Waals surface area contributed by atoms with Crippen LogP contribution in [0.5, 0.6) is 5.19 Å². The van der Waals surface area contributed by atoms with Gasteiger partial charge in [-0.05, 0) is 12.1 Å². The maximum Gasteiger partial charge on any atom is 0.273 e. The van der Waals surface area contributed by atoms with Crippen molar-refractivity contribution in [3.05, 3.63) is 22.4 Å². The molecule has 14 heavy (non-hydrogen) atoms. The number of aldehydes is 1. The molecule has 0 radical (unpaired) electrons. The molecule has 0 aromatic carbocycles. The van der Waals surface area contributed by atoms with E-state index in [9.17, 15) is 4.79 Å². The fourth-order valence-corrected chi connectivity index (χ4v) is 2.52. The summed E-state index contributed by atoms with van der Waals surface area (Å²) >= 11 is 2.88. The number of thiophene rings is 1. The molecule has 0 aliphatic heterocycles. The number of aromatic nitrogens is 1. The average Bonchev–Trinajstić information content (AvgIpc) is 2.86. The third-order valence-corrected chi connectivity index (χ3v) is 3.49. The van der Waals surface area contributed by atoms with Gasteiger partial charge in [0.15, 0.2) is 6.29 Å². The molecule has 0 saturated heterocycles. The van der Waals surface area contributed by atoms with Crippen molar-refractivity contribution in [1.29, 1.82) is 0 Å². The molecule has 0 unspecified atom stereocenters. The van der Waals surface area contributed by atoms with Crippen molar-refractivity contribution in [3.63, 3.8) is 0 Å². The molecule has 0 N–H and O–H groups in total. The van der Waals surface area contributed by atoms with E-state index in [1.54, 1.807) is 13.2 Å². The van der Waals surface area contributed by atoms with Gasteiger partial charge in [0.05, 0.1) is 22.6 Å². The normalized spacial score (nSPS) is 10.1. The molecule has 2 aromatic heterocycles. The van der Waals surface area contributed by atoms with Gasteiger partial charge in [0.25, 0.3) is 5.19 Å². The lowest BCUT2D eigenvalue weighted by Crippen LogP contribution is -1.79. The van der Waals surface area contributed by atoms with Gasteiger partial charge in [0, 0.05) is 5.38 Å². The van der Waals surface area contributed by atoms with Crippen LogP contribution >= 0.6 is 22.7 Å². The minimum atomic E-state index is 0.640. The fraction of sp³-hybridized carbons (Fsp3) is 0.111. The zero-order valence-corrected chi connectivity index (χ0v) is 9.02. The summed E-state index contributed by atoms with van der Waals surface area (Å²) in [4.78, 5) is 16.4. The SMILES string of the molecule is COc1nc(-c2ccc(C=O)s2)cs1. The fourth-order valence-electron chi connectivity index (χ4n) is 1.02. The number of nitrogens with zero attached hydrogens (tertiary/aromatic N) is 1. The standard InChI is InChI=1S/C9H7NO2S2/c1-12-9-10-7(5-13-9)8-3-2-6(4-11)14-8/h2-5H,1H3. The summed E-state index contributed by atoms with van der Waals surface area (Å²) in [6, 6.07) is 3.68. The van der Waals surface area contributed by atoms with Gasteiger partial charge in [-0.15, -0.1) is 11.3 Å². The average molecular weight is 225 g/mol. The van der Waals surface area contributed by atoms with E-state index in [2.05, 4.69) is 4.98 Å². The van der Waals surface area contributed by atoms with Gasteiger partial charge in [0.2, 0.25) is 0 Å². The molecule has 3 nitrogen and oxygen atoms in total. The van der Waals surface area contributed by atoms with Crippen molar-refractivity contribution < 1.29 is 9.53 Å². The van der Waals surface area contributed by atoms with E-state index in [0.717, 1.165) is 16.9 Å². The van der Waals surface area contributed by atoms with Crippen LogP contribution in [0.25, 0.3) is 10.6 Å². The number of rotatable bonds is 3. The van der Waals surface area contributed by atoms with Crippen LogP contribution in [0.4, 0.5) is 0 Å². The number of carbonyl (C=O) groups is 1. The van der Waals surface area contributed by atoms with Crippen molar-refractivity contribution >= 4 is 29.0 Å². The first-order valence-corrected chi connectivity index (χ1v) is 5.58. The van der Waals surface area contributed by atoms with Crippen LogP contribution in [0.2, 0.25) is 0 Å². The Bertz CT molecular complexity index is 447. The zero-order valence-electron chi connectivity index (χ0n) is 7.39. The third kappa shape index (κ3) is 1.69. The Balaban J connectivity index is 2.33. The molecule has 0 aliphatic rings. The third-order valence-electron chi connectivity index (χ3n) is 1.65. The first-order chi connectivity index (χ1) is 6.83. The minimum absolute atomic E-state index is 0.640. The molecule has 0 spiro atoms. The maximum absolute atomic E-state index is 10.5. The van der Waals surface area contributed by atoms with Crippen molar-refractivity contribution in [2.45, 2.75) is 0 Å². The lowest BCUT2D eigenvalue weighted by Gasteiger charge is -1.88. The Hall–Kier alpha value is -1.20. The zero-order chi connectivity index (χ0) is 9.97. The van der Waals surface area contributed by atoms with Gasteiger partial charge in [-0.2, -0.15) is 0 Å². The van der Waals surface area contributed by atoms with Gasteiger partial charge < -0.3 is 4.74 Å². The van der Waals surface area contributed by atoms with Gasteiger partial charge in [-0.1, -0.05) is 11.3 Å². The predicted octanol–water partition coefficient (Wildman–Crippen LogP) is 2.69. The second kappa shape index (κ2) is 3.89. The van der Waals surface area contributed by atoms with E-state index in [-0.39, 0.29) is 0 Å². The van der Waals surface area contributed by atoms with E-state index in [4.69, 9.17) is 4.74 Å². The number of carbonyl (C=O) groups excluding carboxylic acids is 1. The summed E-state index contributed by atoms with van der Waals surface area (Å²) in [7, 11) is 1.59. The van der Waals surface area contributed by atoms with Crippen molar-refractivity contribution in [2.24, 2.45) is 0 Å². The van der Waals surface area contributed by atoms with Crippen LogP contribution < -0.4 is 4.74 Å². The van der Waals surface area contributed by atoms with E-state index >= 15 is 0 Å². The van der Waals surface area contributed by atoms with Crippen LogP contribution in [0, 0.1) is 0 Å². The Kier molecular flexibility index (Phi) is 2.60. The summed E-state index contributed by atoms with van der Waals surface area (Å²) in [6.07, 6.45) is 0.845. The van der Waals surface area contributed by atoms with Gasteiger partial charge in [-0.25, -0.2) is 4.98 Å². The molecule has 0 amide bonds. The van der Waals surface area contributed by atoms with Crippen LogP contribution in [-0.4, -0.2) is 18.4 Å². The largest absolute Gasteiger partial charge is 0.473 e. The Morgan fingerprint density at radius 3 is 2.93 bits per heavy atom. The smallest absolute Gasteiger partial charge is 0.273 e. The highest BCUT2D eigenvalue weighted by Gasteiger charge is 2.06. The Morgan fingerprint density at radius 1 is 1.50 bits per heavy atom. The summed E-state index contributed by atoms with van der Waals surface area (Å²) in [5.74, 6) is 0. The lowest BCUT2D eigenvalue weighted by atomic mass is 10.4. The molecule has 0 saturated carbocycles. The number of ether oxygens (including phenoxy) is 1. The second-order valence-electron chi connectivity index (χ2n) is 2.52. The van der Waals surface area contributed by atoms with E-state index < -0.39 is 0 Å². The molecule has 0 bridgehead atoms. The molecule has 5 heteroatoms. The quantitative estimate of drug-likeness (QED) is 0.754. The number of hydrogen-bond donors (Lipinski definition) is 0.